The van der Waals surface area contributed by atoms with E-state index in [1.54, 1.807) is 6.20 Å². The maximum absolute atomic E-state index is 12.3. The van der Waals surface area contributed by atoms with Crippen molar-refractivity contribution in [2.75, 3.05) is 0 Å². The molecule has 4 nitrogen and oxygen atoms in total. The molecular weight excluding hydrogens is 324 g/mol. The van der Waals surface area contributed by atoms with Gasteiger partial charge in [0.1, 0.15) is 12.4 Å². The summed E-state index contributed by atoms with van der Waals surface area (Å²) in [6, 6.07) is 19.2. The molecule has 2 aromatic carbocycles. The Kier molecular flexibility index (Phi) is 5.64. The SMILES string of the molecule is Cc1ccc(C(=O)NCc2cccc(OCc3ccccn3)c2)cc1C. The monoisotopic (exact) mass is 346 g/mol. The molecule has 132 valence electrons. The maximum atomic E-state index is 12.3. The van der Waals surface area contributed by atoms with Gasteiger partial charge >= 0.3 is 0 Å². The summed E-state index contributed by atoms with van der Waals surface area (Å²) < 4.78 is 5.78. The zero-order valence-electron chi connectivity index (χ0n) is 15.0. The van der Waals surface area contributed by atoms with Crippen molar-refractivity contribution in [2.45, 2.75) is 27.0 Å². The first-order valence-electron chi connectivity index (χ1n) is 8.59. The summed E-state index contributed by atoms with van der Waals surface area (Å²) in [5.41, 5.74) is 4.83. The van der Waals surface area contributed by atoms with Gasteiger partial charge in [-0.1, -0.05) is 24.3 Å². The number of aryl methyl sites for hydroxylation is 2. The molecule has 3 rings (SSSR count). The van der Waals surface area contributed by atoms with Gasteiger partial charge in [0.25, 0.3) is 5.91 Å². The van der Waals surface area contributed by atoms with Crippen LogP contribution in [0.4, 0.5) is 0 Å². The number of aromatic nitrogens is 1. The Bertz CT molecular complexity index is 892. The van der Waals surface area contributed by atoms with E-state index < -0.39 is 0 Å². The topological polar surface area (TPSA) is 51.2 Å². The van der Waals surface area contributed by atoms with E-state index in [-0.39, 0.29) is 5.91 Å². The van der Waals surface area contributed by atoms with Crippen molar-refractivity contribution in [3.63, 3.8) is 0 Å². The smallest absolute Gasteiger partial charge is 0.251 e. The van der Waals surface area contributed by atoms with Crippen LogP contribution in [-0.2, 0) is 13.2 Å². The summed E-state index contributed by atoms with van der Waals surface area (Å²) in [7, 11) is 0. The highest BCUT2D eigenvalue weighted by Gasteiger charge is 2.07. The Labute approximate surface area is 153 Å². The molecule has 26 heavy (non-hydrogen) atoms. The van der Waals surface area contributed by atoms with E-state index in [4.69, 9.17) is 4.74 Å². The van der Waals surface area contributed by atoms with E-state index in [0.29, 0.717) is 18.7 Å². The third-order valence-electron chi connectivity index (χ3n) is 4.23. The van der Waals surface area contributed by atoms with Gasteiger partial charge in [-0.15, -0.1) is 0 Å². The van der Waals surface area contributed by atoms with Crippen molar-refractivity contribution >= 4 is 5.91 Å². The zero-order chi connectivity index (χ0) is 18.4. The van der Waals surface area contributed by atoms with Crippen molar-refractivity contribution in [1.82, 2.24) is 10.3 Å². The Hall–Kier alpha value is -3.14. The standard InChI is InChI=1S/C22H22N2O2/c1-16-9-10-19(12-17(16)2)22(25)24-14-18-6-5-8-21(13-18)26-15-20-7-3-4-11-23-20/h3-13H,14-15H2,1-2H3,(H,24,25). The van der Waals surface area contributed by atoms with E-state index in [2.05, 4.69) is 10.3 Å². The van der Waals surface area contributed by atoms with Crippen LogP contribution in [0.3, 0.4) is 0 Å². The van der Waals surface area contributed by atoms with Crippen LogP contribution in [0.2, 0.25) is 0 Å². The molecule has 0 saturated heterocycles. The van der Waals surface area contributed by atoms with Crippen LogP contribution in [0, 0.1) is 13.8 Å². The second kappa shape index (κ2) is 8.30. The summed E-state index contributed by atoms with van der Waals surface area (Å²) in [6.07, 6.45) is 1.75. The van der Waals surface area contributed by atoms with E-state index in [0.717, 1.165) is 22.6 Å². The molecule has 1 amide bonds. The van der Waals surface area contributed by atoms with Gasteiger partial charge in [-0.3, -0.25) is 9.78 Å². The Morgan fingerprint density at radius 2 is 1.88 bits per heavy atom. The first kappa shape index (κ1) is 17.7. The summed E-state index contributed by atoms with van der Waals surface area (Å²) in [5.74, 6) is 0.682. The quantitative estimate of drug-likeness (QED) is 0.727. The second-order valence-corrected chi connectivity index (χ2v) is 6.24. The van der Waals surface area contributed by atoms with Crippen LogP contribution in [-0.4, -0.2) is 10.9 Å². The van der Waals surface area contributed by atoms with Gasteiger partial charge in [-0.05, 0) is 66.9 Å². The number of pyridine rings is 1. The van der Waals surface area contributed by atoms with E-state index in [1.165, 1.54) is 5.56 Å². The highest BCUT2D eigenvalue weighted by atomic mass is 16.5. The molecule has 0 aliphatic carbocycles. The Morgan fingerprint density at radius 3 is 2.65 bits per heavy atom. The molecule has 0 aliphatic heterocycles. The van der Waals surface area contributed by atoms with Crippen LogP contribution >= 0.6 is 0 Å². The number of ether oxygens (including phenoxy) is 1. The van der Waals surface area contributed by atoms with Crippen molar-refractivity contribution in [2.24, 2.45) is 0 Å². The van der Waals surface area contributed by atoms with E-state index >= 15 is 0 Å². The van der Waals surface area contributed by atoms with Crippen LogP contribution in [0.15, 0.2) is 66.9 Å². The fraction of sp³-hybridized carbons (Fsp3) is 0.182. The summed E-state index contributed by atoms with van der Waals surface area (Å²) in [4.78, 5) is 16.6. The van der Waals surface area contributed by atoms with Crippen molar-refractivity contribution in [3.8, 4) is 5.75 Å². The number of amides is 1. The highest BCUT2D eigenvalue weighted by Crippen LogP contribution is 2.15. The van der Waals surface area contributed by atoms with Crippen molar-refractivity contribution < 1.29 is 9.53 Å². The number of nitrogens with one attached hydrogen (secondary N) is 1. The van der Waals surface area contributed by atoms with Crippen LogP contribution < -0.4 is 10.1 Å². The number of hydrogen-bond donors (Lipinski definition) is 1. The lowest BCUT2D eigenvalue weighted by atomic mass is 10.1. The molecule has 0 fully saturated rings. The third-order valence-corrected chi connectivity index (χ3v) is 4.23. The predicted octanol–water partition coefficient (Wildman–Crippen LogP) is 4.21. The minimum absolute atomic E-state index is 0.0760. The van der Waals surface area contributed by atoms with Gasteiger partial charge < -0.3 is 10.1 Å². The van der Waals surface area contributed by atoms with Crippen LogP contribution in [0.5, 0.6) is 5.75 Å². The molecule has 1 N–H and O–H groups in total. The summed E-state index contributed by atoms with van der Waals surface area (Å²) in [6.45, 7) is 4.91. The lowest BCUT2D eigenvalue weighted by Crippen LogP contribution is -2.22. The first-order valence-corrected chi connectivity index (χ1v) is 8.59. The lowest BCUT2D eigenvalue weighted by molar-refractivity contribution is 0.0950. The number of carbonyl (C=O) groups is 1. The average Bonchev–Trinajstić information content (AvgIpc) is 2.68. The zero-order valence-corrected chi connectivity index (χ0v) is 15.0. The number of hydrogen-bond acceptors (Lipinski definition) is 3. The Balaban J connectivity index is 1.58. The molecule has 0 bridgehead atoms. The van der Waals surface area contributed by atoms with Crippen LogP contribution in [0.25, 0.3) is 0 Å². The first-order chi connectivity index (χ1) is 12.6. The van der Waals surface area contributed by atoms with Gasteiger partial charge in [-0.25, -0.2) is 0 Å². The maximum Gasteiger partial charge on any atom is 0.251 e. The van der Waals surface area contributed by atoms with Crippen LogP contribution in [0.1, 0.15) is 32.7 Å². The third kappa shape index (κ3) is 4.70. The number of nitrogens with zero attached hydrogens (tertiary/aromatic N) is 1. The fourth-order valence-corrected chi connectivity index (χ4v) is 2.55. The number of carbonyl (C=O) groups excluding carboxylic acids is 1. The van der Waals surface area contributed by atoms with Gasteiger partial charge in [0.15, 0.2) is 0 Å². The van der Waals surface area contributed by atoms with Gasteiger partial charge in [0.2, 0.25) is 0 Å². The highest BCUT2D eigenvalue weighted by molar-refractivity contribution is 5.94. The molecule has 0 atom stereocenters. The summed E-state index contributed by atoms with van der Waals surface area (Å²) >= 11 is 0. The van der Waals surface area contributed by atoms with E-state index in [9.17, 15) is 4.79 Å². The molecule has 0 aliphatic rings. The molecule has 0 radical (unpaired) electrons. The molecule has 0 saturated carbocycles. The minimum atomic E-state index is -0.0760. The van der Waals surface area contributed by atoms with Gasteiger partial charge in [0, 0.05) is 18.3 Å². The molecule has 1 aromatic heterocycles. The minimum Gasteiger partial charge on any atom is -0.487 e. The van der Waals surface area contributed by atoms with Gasteiger partial charge in [-0.2, -0.15) is 0 Å². The van der Waals surface area contributed by atoms with Crippen molar-refractivity contribution in [1.29, 1.82) is 0 Å². The Morgan fingerprint density at radius 1 is 1.00 bits per heavy atom. The van der Waals surface area contributed by atoms with E-state index in [1.807, 2.05) is 74.5 Å². The van der Waals surface area contributed by atoms with Gasteiger partial charge in [0.05, 0.1) is 5.69 Å². The second-order valence-electron chi connectivity index (χ2n) is 6.24. The molecular formula is C22H22N2O2. The average molecular weight is 346 g/mol. The molecule has 0 unspecified atom stereocenters. The molecule has 3 aromatic rings. The molecule has 4 heteroatoms. The normalized spacial score (nSPS) is 10.4. The molecule has 0 spiro atoms. The number of benzene rings is 2. The lowest BCUT2D eigenvalue weighted by Gasteiger charge is -2.10. The summed E-state index contributed by atoms with van der Waals surface area (Å²) in [5, 5.41) is 2.96. The fourth-order valence-electron chi connectivity index (χ4n) is 2.55. The molecule has 1 heterocycles. The largest absolute Gasteiger partial charge is 0.487 e. The number of rotatable bonds is 6. The van der Waals surface area contributed by atoms with Crippen molar-refractivity contribution in [3.05, 3.63) is 94.8 Å². The predicted molar refractivity (Wildman–Crippen MR) is 102 cm³/mol.